The van der Waals surface area contributed by atoms with Crippen LogP contribution in [0.15, 0.2) is 23.3 Å². The number of allylic oxidation sites excluding steroid dienone is 3. The summed E-state index contributed by atoms with van der Waals surface area (Å²) in [5.41, 5.74) is 3.68. The van der Waals surface area contributed by atoms with Crippen molar-refractivity contribution >= 4 is 0 Å². The van der Waals surface area contributed by atoms with Gasteiger partial charge in [-0.3, -0.25) is 0 Å². The van der Waals surface area contributed by atoms with E-state index in [1.165, 1.54) is 56.1 Å². The number of hydrogen-bond acceptors (Lipinski definition) is 1. The molecule has 1 spiro atoms. The summed E-state index contributed by atoms with van der Waals surface area (Å²) in [4.78, 5) is 0. The Morgan fingerprint density at radius 2 is 2.00 bits per heavy atom. The van der Waals surface area contributed by atoms with Crippen molar-refractivity contribution in [3.05, 3.63) is 23.3 Å². The van der Waals surface area contributed by atoms with Crippen LogP contribution in [0.2, 0.25) is 0 Å². The molecule has 0 bridgehead atoms. The van der Waals surface area contributed by atoms with Crippen molar-refractivity contribution in [2.24, 2.45) is 5.41 Å². The van der Waals surface area contributed by atoms with Crippen LogP contribution in [-0.2, 0) is 0 Å². The van der Waals surface area contributed by atoms with Crippen LogP contribution >= 0.6 is 0 Å². The van der Waals surface area contributed by atoms with E-state index in [-0.39, 0.29) is 0 Å². The molecule has 90 valence electrons. The van der Waals surface area contributed by atoms with Crippen LogP contribution in [0.4, 0.5) is 0 Å². The highest BCUT2D eigenvalue weighted by Gasteiger charge is 2.36. The third-order valence-electron chi connectivity index (χ3n) is 4.42. The van der Waals surface area contributed by atoms with Gasteiger partial charge in [-0.05, 0) is 56.4 Å². The van der Waals surface area contributed by atoms with E-state index in [0.717, 1.165) is 6.42 Å². The lowest BCUT2D eigenvalue weighted by Gasteiger charge is -2.35. The molecule has 2 rings (SSSR count). The molecular weight excluding hydrogens is 196 g/mol. The van der Waals surface area contributed by atoms with Gasteiger partial charge in [-0.25, -0.2) is 0 Å². The first kappa shape index (κ1) is 11.9. The lowest BCUT2D eigenvalue weighted by Crippen LogP contribution is -2.22. The molecule has 1 N–H and O–H groups in total. The highest BCUT2D eigenvalue weighted by Crippen LogP contribution is 2.51. The van der Waals surface area contributed by atoms with Crippen LogP contribution in [0.25, 0.3) is 0 Å². The zero-order valence-electron chi connectivity index (χ0n) is 10.5. The zero-order valence-corrected chi connectivity index (χ0v) is 10.5. The summed E-state index contributed by atoms with van der Waals surface area (Å²) in [5, 5.41) is 9.10. The van der Waals surface area contributed by atoms with Gasteiger partial charge in [0, 0.05) is 6.61 Å². The quantitative estimate of drug-likeness (QED) is 0.762. The summed E-state index contributed by atoms with van der Waals surface area (Å²) < 4.78 is 0. The second kappa shape index (κ2) is 5.18. The predicted molar refractivity (Wildman–Crippen MR) is 68.3 cm³/mol. The molecule has 2 aliphatic rings. The van der Waals surface area contributed by atoms with Gasteiger partial charge in [0.2, 0.25) is 0 Å². The molecule has 0 unspecified atom stereocenters. The molecule has 1 saturated carbocycles. The largest absolute Gasteiger partial charge is 0.396 e. The Labute approximate surface area is 99.3 Å². The number of hydrogen-bond donors (Lipinski definition) is 1. The molecule has 0 aromatic rings. The molecule has 0 aromatic carbocycles. The Balaban J connectivity index is 2.15. The predicted octanol–water partition coefficient (Wildman–Crippen LogP) is 3.99. The summed E-state index contributed by atoms with van der Waals surface area (Å²) >= 11 is 0. The fraction of sp³-hybridized carbons (Fsp3) is 0.733. The Hall–Kier alpha value is -0.560. The van der Waals surface area contributed by atoms with Crippen molar-refractivity contribution in [1.82, 2.24) is 0 Å². The first-order valence-electron chi connectivity index (χ1n) is 6.74. The van der Waals surface area contributed by atoms with E-state index >= 15 is 0 Å². The standard InChI is InChI=1S/C15H24O/c1-2-5-14-12-15(8-3-4-9-15)10-6-13(14)7-11-16/h2,5,16H,3-4,6-12H2,1H3/b5-2-. The van der Waals surface area contributed by atoms with E-state index in [1.54, 1.807) is 0 Å². The normalized spacial score (nSPS) is 24.9. The van der Waals surface area contributed by atoms with Crippen LogP contribution in [0.3, 0.4) is 0 Å². The van der Waals surface area contributed by atoms with Gasteiger partial charge in [-0.2, -0.15) is 0 Å². The van der Waals surface area contributed by atoms with Crippen LogP contribution in [-0.4, -0.2) is 11.7 Å². The molecule has 0 atom stereocenters. The summed E-state index contributed by atoms with van der Waals surface area (Å²) in [5.74, 6) is 0. The summed E-state index contributed by atoms with van der Waals surface area (Å²) in [7, 11) is 0. The van der Waals surface area contributed by atoms with Gasteiger partial charge < -0.3 is 5.11 Å². The Kier molecular flexibility index (Phi) is 3.86. The molecule has 0 heterocycles. The van der Waals surface area contributed by atoms with Crippen molar-refractivity contribution in [2.45, 2.75) is 58.3 Å². The van der Waals surface area contributed by atoms with Crippen molar-refractivity contribution in [3.63, 3.8) is 0 Å². The molecule has 1 fully saturated rings. The van der Waals surface area contributed by atoms with E-state index in [4.69, 9.17) is 5.11 Å². The number of aliphatic hydroxyl groups is 1. The summed E-state index contributed by atoms with van der Waals surface area (Å²) in [6, 6.07) is 0. The highest BCUT2D eigenvalue weighted by molar-refractivity contribution is 5.30. The second-order valence-corrected chi connectivity index (χ2v) is 5.49. The topological polar surface area (TPSA) is 20.2 Å². The molecule has 0 saturated heterocycles. The van der Waals surface area contributed by atoms with Crippen molar-refractivity contribution < 1.29 is 5.11 Å². The molecule has 2 aliphatic carbocycles. The maximum absolute atomic E-state index is 9.10. The molecule has 0 aromatic heterocycles. The van der Waals surface area contributed by atoms with E-state index in [0.29, 0.717) is 12.0 Å². The third-order valence-corrected chi connectivity index (χ3v) is 4.42. The molecule has 0 amide bonds. The summed E-state index contributed by atoms with van der Waals surface area (Å²) in [6.45, 7) is 2.41. The van der Waals surface area contributed by atoms with Gasteiger partial charge in [0.05, 0.1) is 0 Å². The lowest BCUT2D eigenvalue weighted by atomic mass is 9.70. The molecule has 1 heteroatoms. The van der Waals surface area contributed by atoms with Crippen LogP contribution in [0.5, 0.6) is 0 Å². The van der Waals surface area contributed by atoms with E-state index in [2.05, 4.69) is 19.1 Å². The van der Waals surface area contributed by atoms with Gasteiger partial charge in [0.25, 0.3) is 0 Å². The third kappa shape index (κ3) is 2.40. The first-order chi connectivity index (χ1) is 7.79. The van der Waals surface area contributed by atoms with Crippen molar-refractivity contribution in [2.75, 3.05) is 6.61 Å². The molecule has 16 heavy (non-hydrogen) atoms. The van der Waals surface area contributed by atoms with E-state index < -0.39 is 0 Å². The van der Waals surface area contributed by atoms with E-state index in [1.807, 2.05) is 0 Å². The first-order valence-corrected chi connectivity index (χ1v) is 6.74. The number of aliphatic hydroxyl groups excluding tert-OH is 1. The average molecular weight is 220 g/mol. The van der Waals surface area contributed by atoms with E-state index in [9.17, 15) is 0 Å². The average Bonchev–Trinajstić information content (AvgIpc) is 2.72. The monoisotopic (exact) mass is 220 g/mol. The Morgan fingerprint density at radius 1 is 1.25 bits per heavy atom. The minimum atomic E-state index is 0.309. The highest BCUT2D eigenvalue weighted by atomic mass is 16.2. The fourth-order valence-electron chi connectivity index (χ4n) is 3.54. The van der Waals surface area contributed by atoms with Gasteiger partial charge in [-0.15, -0.1) is 0 Å². The van der Waals surface area contributed by atoms with Gasteiger partial charge >= 0.3 is 0 Å². The van der Waals surface area contributed by atoms with Crippen LogP contribution in [0.1, 0.15) is 58.3 Å². The van der Waals surface area contributed by atoms with Crippen LogP contribution in [0, 0.1) is 5.41 Å². The fourth-order valence-corrected chi connectivity index (χ4v) is 3.54. The maximum Gasteiger partial charge on any atom is 0.0468 e. The zero-order chi connectivity index (χ0) is 11.4. The molecule has 0 radical (unpaired) electrons. The Bertz CT molecular complexity index is 293. The molecule has 0 aliphatic heterocycles. The Morgan fingerprint density at radius 3 is 2.62 bits per heavy atom. The van der Waals surface area contributed by atoms with Gasteiger partial charge in [-0.1, -0.05) is 30.6 Å². The lowest BCUT2D eigenvalue weighted by molar-refractivity contribution is 0.246. The minimum absolute atomic E-state index is 0.309. The van der Waals surface area contributed by atoms with Gasteiger partial charge in [0.15, 0.2) is 0 Å². The minimum Gasteiger partial charge on any atom is -0.396 e. The maximum atomic E-state index is 9.10. The smallest absolute Gasteiger partial charge is 0.0468 e. The molecule has 1 nitrogen and oxygen atoms in total. The van der Waals surface area contributed by atoms with Crippen LogP contribution < -0.4 is 0 Å². The summed E-state index contributed by atoms with van der Waals surface area (Å²) in [6.07, 6.45) is 14.9. The molecular formula is C15H24O. The second-order valence-electron chi connectivity index (χ2n) is 5.49. The number of rotatable bonds is 3. The van der Waals surface area contributed by atoms with Crippen molar-refractivity contribution in [1.29, 1.82) is 0 Å². The van der Waals surface area contributed by atoms with Crippen molar-refractivity contribution in [3.8, 4) is 0 Å². The van der Waals surface area contributed by atoms with Gasteiger partial charge in [0.1, 0.15) is 0 Å². The SMILES string of the molecule is C/C=C\C1=C(CCO)CCC2(CCCC2)C1.